The van der Waals surface area contributed by atoms with Gasteiger partial charge >= 0.3 is 5.69 Å². The summed E-state index contributed by atoms with van der Waals surface area (Å²) in [5.41, 5.74) is 0.536. The Bertz CT molecular complexity index is 540. The largest absolute Gasteiger partial charge is 0.501 e. The molecular formula is C10H5N4O+. The van der Waals surface area contributed by atoms with Gasteiger partial charge in [-0.1, -0.05) is 0 Å². The summed E-state index contributed by atoms with van der Waals surface area (Å²) in [6, 6.07) is 7.61. The maximum atomic E-state index is 9.33. The fraction of sp³-hybridized carbons (Fsp3) is 0. The first-order valence-electron chi connectivity index (χ1n) is 3.91. The lowest BCUT2D eigenvalue weighted by Gasteiger charge is -1.95. The Kier molecular flexibility index (Phi) is 3.01. The molecule has 0 heterocycles. The van der Waals surface area contributed by atoms with Gasteiger partial charge in [-0.3, -0.25) is 0 Å². The van der Waals surface area contributed by atoms with Crippen LogP contribution in [0.3, 0.4) is 0 Å². The fourth-order valence-corrected chi connectivity index (χ4v) is 1.02. The normalized spacial score (nSPS) is 9.80. The number of nitriles is 2. The Morgan fingerprint density at radius 3 is 2.60 bits per heavy atom. The Morgan fingerprint density at radius 1 is 1.40 bits per heavy atom. The van der Waals surface area contributed by atoms with Crippen LogP contribution in [0, 0.1) is 28.1 Å². The topological polar surface area (TPSA) is 96.0 Å². The molecule has 0 saturated carbocycles. The molecule has 0 aromatic heterocycles. The molecule has 0 fully saturated rings. The van der Waals surface area contributed by atoms with E-state index in [0.29, 0.717) is 5.56 Å². The highest BCUT2D eigenvalue weighted by Gasteiger charge is 2.14. The second-order valence-corrected chi connectivity index (χ2v) is 2.60. The van der Waals surface area contributed by atoms with Crippen LogP contribution in [0.25, 0.3) is 10.5 Å². The second-order valence-electron chi connectivity index (χ2n) is 2.60. The van der Waals surface area contributed by atoms with Crippen LogP contribution in [0.1, 0.15) is 5.56 Å². The van der Waals surface area contributed by atoms with E-state index in [1.54, 1.807) is 6.07 Å². The van der Waals surface area contributed by atoms with Gasteiger partial charge in [0.15, 0.2) is 4.98 Å². The molecule has 0 radical (unpaired) electrons. The van der Waals surface area contributed by atoms with Crippen molar-refractivity contribution in [1.82, 2.24) is 0 Å². The van der Waals surface area contributed by atoms with Crippen LogP contribution >= 0.6 is 0 Å². The molecule has 15 heavy (non-hydrogen) atoms. The standard InChI is InChI=1S/C10H4N4O/c11-4-3-8(6-12)7-1-2-9(14-13)10(15)5-7/h1-3,5H/p+1. The lowest BCUT2D eigenvalue weighted by Crippen LogP contribution is -1.80. The Hall–Kier alpha value is -2.84. The summed E-state index contributed by atoms with van der Waals surface area (Å²) in [7, 11) is 0. The van der Waals surface area contributed by atoms with Crippen LogP contribution in [-0.4, -0.2) is 5.11 Å². The summed E-state index contributed by atoms with van der Waals surface area (Å²) in [4.78, 5) is 2.82. The van der Waals surface area contributed by atoms with Gasteiger partial charge in [0.05, 0.1) is 11.6 Å². The molecule has 5 nitrogen and oxygen atoms in total. The highest BCUT2D eigenvalue weighted by atomic mass is 16.3. The average molecular weight is 197 g/mol. The number of nitrogens with zero attached hydrogens (tertiary/aromatic N) is 4. The molecule has 5 heteroatoms. The fourth-order valence-electron chi connectivity index (χ4n) is 1.02. The minimum Gasteiger partial charge on any atom is -0.501 e. The minimum absolute atomic E-state index is 0.00741. The summed E-state index contributed by atoms with van der Waals surface area (Å²) in [6.07, 6.45) is 1.07. The lowest BCUT2D eigenvalue weighted by atomic mass is 10.1. The van der Waals surface area contributed by atoms with E-state index in [1.165, 1.54) is 18.2 Å². The number of hydrogen-bond donors (Lipinski definition) is 1. The van der Waals surface area contributed by atoms with Gasteiger partial charge in [-0.05, 0) is 17.7 Å². The molecule has 0 aliphatic heterocycles. The van der Waals surface area contributed by atoms with Crippen molar-refractivity contribution in [3.63, 3.8) is 0 Å². The number of phenolic OH excluding ortho intramolecular Hbond substituents is 1. The first-order valence-corrected chi connectivity index (χ1v) is 3.91. The monoisotopic (exact) mass is 197 g/mol. The van der Waals surface area contributed by atoms with Gasteiger partial charge in [-0.15, -0.1) is 0 Å². The number of rotatable bonds is 1. The van der Waals surface area contributed by atoms with Gasteiger partial charge in [0, 0.05) is 12.1 Å². The molecule has 0 aliphatic rings. The third kappa shape index (κ3) is 2.09. The zero-order valence-corrected chi connectivity index (χ0v) is 7.55. The van der Waals surface area contributed by atoms with Gasteiger partial charge in [-0.25, -0.2) is 0 Å². The number of phenols is 1. The molecule has 0 aliphatic carbocycles. The number of benzene rings is 1. The predicted molar refractivity (Wildman–Crippen MR) is 52.1 cm³/mol. The number of diazo groups is 1. The molecule has 0 unspecified atom stereocenters. The smallest absolute Gasteiger partial charge is 0.426 e. The number of hydrogen-bond acceptors (Lipinski definition) is 4. The number of aromatic hydroxyl groups is 1. The Balaban J connectivity index is 3.27. The maximum absolute atomic E-state index is 9.33. The van der Waals surface area contributed by atoms with E-state index in [9.17, 15) is 5.11 Å². The molecule has 0 bridgehead atoms. The molecule has 70 valence electrons. The third-order valence-corrected chi connectivity index (χ3v) is 1.72. The van der Waals surface area contributed by atoms with Crippen molar-refractivity contribution in [2.45, 2.75) is 0 Å². The van der Waals surface area contributed by atoms with E-state index >= 15 is 0 Å². The average Bonchev–Trinajstić information content (AvgIpc) is 2.25. The van der Waals surface area contributed by atoms with E-state index in [0.717, 1.165) is 6.08 Å². The Morgan fingerprint density at radius 2 is 2.13 bits per heavy atom. The lowest BCUT2D eigenvalue weighted by molar-refractivity contribution is 0.478. The van der Waals surface area contributed by atoms with Crippen LogP contribution < -0.4 is 0 Å². The van der Waals surface area contributed by atoms with E-state index in [2.05, 4.69) is 4.98 Å². The van der Waals surface area contributed by atoms with Crippen molar-refractivity contribution in [2.75, 3.05) is 0 Å². The first kappa shape index (κ1) is 10.2. The quantitative estimate of drug-likeness (QED) is 0.551. The van der Waals surface area contributed by atoms with Gasteiger partial charge in [0.25, 0.3) is 0 Å². The zero-order valence-electron chi connectivity index (χ0n) is 7.55. The van der Waals surface area contributed by atoms with Crippen LogP contribution in [0.15, 0.2) is 24.3 Å². The summed E-state index contributed by atoms with van der Waals surface area (Å²) in [5, 5.41) is 34.9. The minimum atomic E-state index is -0.255. The molecular weight excluding hydrogens is 192 g/mol. The summed E-state index contributed by atoms with van der Waals surface area (Å²) in [6.45, 7) is 0. The van der Waals surface area contributed by atoms with Crippen LogP contribution in [0.5, 0.6) is 5.75 Å². The second kappa shape index (κ2) is 4.41. The highest BCUT2D eigenvalue weighted by molar-refractivity contribution is 5.80. The van der Waals surface area contributed by atoms with Gasteiger partial charge < -0.3 is 5.11 Å². The predicted octanol–water partition coefficient (Wildman–Crippen LogP) is 2.31. The third-order valence-electron chi connectivity index (χ3n) is 1.72. The van der Waals surface area contributed by atoms with Gasteiger partial charge in [0.1, 0.15) is 6.07 Å². The number of allylic oxidation sites excluding steroid dienone is 2. The molecule has 0 spiro atoms. The summed E-state index contributed by atoms with van der Waals surface area (Å²) < 4.78 is 0. The molecule has 1 rings (SSSR count). The van der Waals surface area contributed by atoms with E-state index in [4.69, 9.17) is 15.9 Å². The van der Waals surface area contributed by atoms with Crippen LogP contribution in [0.2, 0.25) is 0 Å². The van der Waals surface area contributed by atoms with Gasteiger partial charge in [0.2, 0.25) is 11.1 Å². The Labute approximate surface area is 85.7 Å². The van der Waals surface area contributed by atoms with E-state index in [-0.39, 0.29) is 17.0 Å². The van der Waals surface area contributed by atoms with Crippen molar-refractivity contribution >= 4 is 11.3 Å². The van der Waals surface area contributed by atoms with Crippen LogP contribution in [-0.2, 0) is 0 Å². The summed E-state index contributed by atoms with van der Waals surface area (Å²) in [5.74, 6) is -0.255. The van der Waals surface area contributed by atoms with Gasteiger partial charge in [-0.2, -0.15) is 10.5 Å². The zero-order chi connectivity index (χ0) is 11.3. The van der Waals surface area contributed by atoms with Crippen molar-refractivity contribution in [3.05, 3.63) is 34.8 Å². The van der Waals surface area contributed by atoms with Crippen LogP contribution in [0.4, 0.5) is 5.69 Å². The van der Waals surface area contributed by atoms with E-state index in [1.807, 2.05) is 6.07 Å². The SMILES string of the molecule is N#CC=C(C#N)c1ccc([N+]#N)c(O)c1. The summed E-state index contributed by atoms with van der Waals surface area (Å²) >= 11 is 0. The molecule has 0 amide bonds. The molecule has 1 aromatic rings. The highest BCUT2D eigenvalue weighted by Crippen LogP contribution is 2.29. The van der Waals surface area contributed by atoms with Crippen molar-refractivity contribution < 1.29 is 5.11 Å². The molecule has 0 saturated heterocycles. The van der Waals surface area contributed by atoms with Crippen molar-refractivity contribution in [3.8, 4) is 17.9 Å². The molecule has 0 atom stereocenters. The van der Waals surface area contributed by atoms with Crippen molar-refractivity contribution in [2.24, 2.45) is 0 Å². The van der Waals surface area contributed by atoms with E-state index < -0.39 is 0 Å². The maximum Gasteiger partial charge on any atom is 0.426 e. The molecule has 1 N–H and O–H groups in total. The van der Waals surface area contributed by atoms with Crippen molar-refractivity contribution in [1.29, 1.82) is 15.9 Å². The first-order chi connectivity index (χ1) is 7.22. The molecule has 1 aromatic carbocycles.